The third kappa shape index (κ3) is 4.72. The second-order valence-electron chi connectivity index (χ2n) is 5.43. The average molecular weight is 291 g/mol. The van der Waals surface area contributed by atoms with Gasteiger partial charge in [-0.15, -0.1) is 0 Å². The molecule has 1 heterocycles. The first-order valence-corrected chi connectivity index (χ1v) is 7.59. The molecule has 2 rings (SSSR count). The molecule has 1 aromatic rings. The minimum Gasteiger partial charge on any atom is -0.495 e. The Labute approximate surface area is 126 Å². The average Bonchev–Trinajstić information content (AvgIpc) is 2.96. The number of benzene rings is 1. The van der Waals surface area contributed by atoms with Gasteiger partial charge in [0, 0.05) is 6.54 Å². The molecule has 1 atom stereocenters. The quantitative estimate of drug-likeness (QED) is 0.800. The van der Waals surface area contributed by atoms with Crippen molar-refractivity contribution in [2.45, 2.75) is 13.3 Å². The molecule has 5 nitrogen and oxygen atoms in total. The van der Waals surface area contributed by atoms with Crippen molar-refractivity contribution in [1.82, 2.24) is 10.2 Å². The summed E-state index contributed by atoms with van der Waals surface area (Å²) in [5.41, 5.74) is 0.713. The van der Waals surface area contributed by atoms with Crippen molar-refractivity contribution in [3.63, 3.8) is 0 Å². The third-order valence-corrected chi connectivity index (χ3v) is 3.92. The molecule has 1 fully saturated rings. The Hall–Kier alpha value is -1.59. The van der Waals surface area contributed by atoms with Crippen LogP contribution in [0, 0.1) is 5.92 Å². The molecule has 0 saturated carbocycles. The number of nitrogens with zero attached hydrogens (tertiary/aromatic N) is 1. The predicted molar refractivity (Wildman–Crippen MR) is 84.7 cm³/mol. The lowest BCUT2D eigenvalue weighted by atomic mass is 10.1. The zero-order chi connectivity index (χ0) is 15.1. The van der Waals surface area contributed by atoms with Gasteiger partial charge < -0.3 is 20.3 Å². The largest absolute Gasteiger partial charge is 0.495 e. The van der Waals surface area contributed by atoms with Crippen LogP contribution in [0.25, 0.3) is 0 Å². The van der Waals surface area contributed by atoms with Crippen LogP contribution in [-0.2, 0) is 4.79 Å². The Morgan fingerprint density at radius 3 is 2.95 bits per heavy atom. The van der Waals surface area contributed by atoms with E-state index in [1.165, 1.54) is 13.0 Å². The fraction of sp³-hybridized carbons (Fsp3) is 0.562. The number of methoxy groups -OCH3 is 1. The fourth-order valence-corrected chi connectivity index (χ4v) is 2.70. The standard InChI is InChI=1S/C16H25N3O2/c1-3-19-9-8-13(12-19)10-17-11-16(20)18-14-6-4-5-7-15(14)21-2/h4-7,13,17H,3,8-12H2,1-2H3,(H,18,20). The number of anilines is 1. The van der Waals surface area contributed by atoms with Gasteiger partial charge in [-0.05, 0) is 44.1 Å². The summed E-state index contributed by atoms with van der Waals surface area (Å²) < 4.78 is 5.22. The van der Waals surface area contributed by atoms with Gasteiger partial charge in [-0.1, -0.05) is 19.1 Å². The van der Waals surface area contributed by atoms with E-state index in [4.69, 9.17) is 4.74 Å². The molecule has 1 aromatic carbocycles. The highest BCUT2D eigenvalue weighted by Gasteiger charge is 2.20. The summed E-state index contributed by atoms with van der Waals surface area (Å²) in [6, 6.07) is 7.43. The zero-order valence-corrected chi connectivity index (χ0v) is 12.9. The van der Waals surface area contributed by atoms with E-state index in [-0.39, 0.29) is 5.91 Å². The fourth-order valence-electron chi connectivity index (χ4n) is 2.70. The molecule has 1 amide bonds. The van der Waals surface area contributed by atoms with Crippen LogP contribution in [0.1, 0.15) is 13.3 Å². The summed E-state index contributed by atoms with van der Waals surface area (Å²) in [5.74, 6) is 1.30. The first-order valence-electron chi connectivity index (χ1n) is 7.59. The smallest absolute Gasteiger partial charge is 0.238 e. The van der Waals surface area contributed by atoms with Crippen LogP contribution in [0.5, 0.6) is 5.75 Å². The SMILES string of the molecule is CCN1CCC(CNCC(=O)Nc2ccccc2OC)C1. The summed E-state index contributed by atoms with van der Waals surface area (Å²) in [5, 5.41) is 6.12. The zero-order valence-electron chi connectivity index (χ0n) is 12.9. The van der Waals surface area contributed by atoms with Crippen LogP contribution in [0.15, 0.2) is 24.3 Å². The van der Waals surface area contributed by atoms with Crippen molar-refractivity contribution in [3.8, 4) is 5.75 Å². The van der Waals surface area contributed by atoms with E-state index >= 15 is 0 Å². The molecule has 0 radical (unpaired) electrons. The normalized spacial score (nSPS) is 18.7. The second kappa shape index (κ2) is 8.00. The van der Waals surface area contributed by atoms with Gasteiger partial charge in [0.25, 0.3) is 0 Å². The molecule has 0 aromatic heterocycles. The molecule has 21 heavy (non-hydrogen) atoms. The Morgan fingerprint density at radius 1 is 1.43 bits per heavy atom. The van der Waals surface area contributed by atoms with Gasteiger partial charge >= 0.3 is 0 Å². The first-order chi connectivity index (χ1) is 10.2. The van der Waals surface area contributed by atoms with Crippen molar-refractivity contribution in [1.29, 1.82) is 0 Å². The Morgan fingerprint density at radius 2 is 2.24 bits per heavy atom. The number of amides is 1. The maximum atomic E-state index is 11.9. The number of carbonyl (C=O) groups excluding carboxylic acids is 1. The molecule has 0 spiro atoms. The van der Waals surface area contributed by atoms with Crippen LogP contribution < -0.4 is 15.4 Å². The molecule has 1 aliphatic rings. The number of likely N-dealkylation sites (tertiary alicyclic amines) is 1. The van der Waals surface area contributed by atoms with Gasteiger partial charge in [0.15, 0.2) is 0 Å². The number of para-hydroxylation sites is 2. The molecule has 0 bridgehead atoms. The van der Waals surface area contributed by atoms with Crippen molar-refractivity contribution in [2.24, 2.45) is 5.92 Å². The molecule has 2 N–H and O–H groups in total. The number of ether oxygens (including phenoxy) is 1. The van der Waals surface area contributed by atoms with E-state index < -0.39 is 0 Å². The van der Waals surface area contributed by atoms with E-state index in [0.29, 0.717) is 23.9 Å². The number of nitrogens with one attached hydrogen (secondary N) is 2. The maximum Gasteiger partial charge on any atom is 0.238 e. The van der Waals surface area contributed by atoms with Crippen LogP contribution in [0.2, 0.25) is 0 Å². The highest BCUT2D eigenvalue weighted by atomic mass is 16.5. The lowest BCUT2D eigenvalue weighted by Gasteiger charge is -2.14. The van der Waals surface area contributed by atoms with Crippen LogP contribution in [0.4, 0.5) is 5.69 Å². The number of hydrogen-bond donors (Lipinski definition) is 2. The topological polar surface area (TPSA) is 53.6 Å². The van der Waals surface area contributed by atoms with Crippen LogP contribution in [0.3, 0.4) is 0 Å². The van der Waals surface area contributed by atoms with E-state index in [1.807, 2.05) is 24.3 Å². The van der Waals surface area contributed by atoms with E-state index in [1.54, 1.807) is 7.11 Å². The summed E-state index contributed by atoms with van der Waals surface area (Å²) in [4.78, 5) is 14.4. The monoisotopic (exact) mass is 291 g/mol. The van der Waals surface area contributed by atoms with Crippen molar-refractivity contribution < 1.29 is 9.53 Å². The minimum absolute atomic E-state index is 0.0372. The van der Waals surface area contributed by atoms with Gasteiger partial charge in [-0.3, -0.25) is 4.79 Å². The Balaban J connectivity index is 1.70. The van der Waals surface area contributed by atoms with Crippen LogP contribution in [-0.4, -0.2) is 50.6 Å². The number of rotatable bonds is 7. The Bertz CT molecular complexity index is 465. The maximum absolute atomic E-state index is 11.9. The third-order valence-electron chi connectivity index (χ3n) is 3.92. The number of hydrogen-bond acceptors (Lipinski definition) is 4. The highest BCUT2D eigenvalue weighted by Crippen LogP contribution is 2.22. The number of carbonyl (C=O) groups is 1. The van der Waals surface area contributed by atoms with Gasteiger partial charge in [0.1, 0.15) is 5.75 Å². The Kier molecular flexibility index (Phi) is 6.02. The lowest BCUT2D eigenvalue weighted by molar-refractivity contribution is -0.115. The molecule has 116 valence electrons. The highest BCUT2D eigenvalue weighted by molar-refractivity contribution is 5.93. The van der Waals surface area contributed by atoms with E-state index in [9.17, 15) is 4.79 Å². The summed E-state index contributed by atoms with van der Waals surface area (Å²) in [6.07, 6.45) is 1.22. The van der Waals surface area contributed by atoms with Crippen molar-refractivity contribution in [2.75, 3.05) is 45.2 Å². The summed E-state index contributed by atoms with van der Waals surface area (Å²) >= 11 is 0. The first kappa shape index (κ1) is 15.8. The van der Waals surface area contributed by atoms with Crippen molar-refractivity contribution in [3.05, 3.63) is 24.3 Å². The molecule has 1 saturated heterocycles. The minimum atomic E-state index is -0.0372. The van der Waals surface area contributed by atoms with Crippen LogP contribution >= 0.6 is 0 Å². The molecule has 1 aliphatic heterocycles. The molecular weight excluding hydrogens is 266 g/mol. The second-order valence-corrected chi connectivity index (χ2v) is 5.43. The van der Waals surface area contributed by atoms with Crippen molar-refractivity contribution >= 4 is 11.6 Å². The predicted octanol–water partition coefficient (Wildman–Crippen LogP) is 1.57. The van der Waals surface area contributed by atoms with Gasteiger partial charge in [-0.25, -0.2) is 0 Å². The summed E-state index contributed by atoms with van der Waals surface area (Å²) in [7, 11) is 1.60. The molecular formula is C16H25N3O2. The van der Waals surface area contributed by atoms with E-state index in [2.05, 4.69) is 22.5 Å². The van der Waals surface area contributed by atoms with Gasteiger partial charge in [0.05, 0.1) is 19.3 Å². The van der Waals surface area contributed by atoms with Gasteiger partial charge in [-0.2, -0.15) is 0 Å². The van der Waals surface area contributed by atoms with E-state index in [0.717, 1.165) is 19.6 Å². The molecule has 0 aliphatic carbocycles. The van der Waals surface area contributed by atoms with Gasteiger partial charge in [0.2, 0.25) is 5.91 Å². The summed E-state index contributed by atoms with van der Waals surface area (Å²) in [6.45, 7) is 6.85. The molecule has 1 unspecified atom stereocenters. The molecule has 5 heteroatoms. The lowest BCUT2D eigenvalue weighted by Crippen LogP contribution is -2.32.